The number of hydrogen-bond donors (Lipinski definition) is 1. The number of nitrogens with zero attached hydrogens (tertiary/aromatic N) is 6. The Bertz CT molecular complexity index is 998. The van der Waals surface area contributed by atoms with Crippen molar-refractivity contribution >= 4 is 28.7 Å². The van der Waals surface area contributed by atoms with Crippen LogP contribution < -0.4 is 10.5 Å². The lowest BCUT2D eigenvalue weighted by molar-refractivity contribution is 0.769. The molecular formula is C17H18ClN7O. The second-order valence-corrected chi connectivity index (χ2v) is 6.36. The summed E-state index contributed by atoms with van der Waals surface area (Å²) in [6, 6.07) is 9.15. The van der Waals surface area contributed by atoms with Crippen LogP contribution in [0.4, 0.5) is 17.1 Å². The molecule has 8 nitrogen and oxygen atoms in total. The van der Waals surface area contributed by atoms with Crippen LogP contribution in [-0.2, 0) is 0 Å². The Hall–Kier alpha value is -3.00. The van der Waals surface area contributed by atoms with E-state index in [4.69, 9.17) is 11.6 Å². The molecule has 0 saturated heterocycles. The third kappa shape index (κ3) is 3.65. The first-order valence-electron chi connectivity index (χ1n) is 7.87. The molecule has 0 bridgehead atoms. The van der Waals surface area contributed by atoms with Crippen LogP contribution in [-0.4, -0.2) is 33.8 Å². The van der Waals surface area contributed by atoms with Gasteiger partial charge in [0, 0.05) is 25.5 Å². The molecule has 0 aliphatic rings. The van der Waals surface area contributed by atoms with Crippen molar-refractivity contribution < 1.29 is 0 Å². The van der Waals surface area contributed by atoms with Gasteiger partial charge in [-0.15, -0.1) is 5.11 Å². The molecule has 0 spiro atoms. The Labute approximate surface area is 155 Å². The highest BCUT2D eigenvalue weighted by molar-refractivity contribution is 6.29. The highest BCUT2D eigenvalue weighted by Crippen LogP contribution is 2.21. The lowest BCUT2D eigenvalue weighted by Crippen LogP contribution is -2.17. The van der Waals surface area contributed by atoms with Gasteiger partial charge < -0.3 is 4.90 Å². The zero-order chi connectivity index (χ0) is 18.8. The summed E-state index contributed by atoms with van der Waals surface area (Å²) in [5, 5.41) is 11.4. The minimum Gasteiger partial charge on any atom is -0.378 e. The number of halogens is 1. The standard InChI is InChI=1S/C17H18ClN7O/c1-10-9-14(18)20-17(19-10)25-16(26)15(11(2)23-25)22-21-12-5-7-13(8-6-12)24(3)4/h5-9,23H,1-4H3. The van der Waals surface area contributed by atoms with Crippen LogP contribution in [0.15, 0.2) is 45.4 Å². The molecule has 26 heavy (non-hydrogen) atoms. The average molecular weight is 372 g/mol. The van der Waals surface area contributed by atoms with Crippen molar-refractivity contribution in [2.45, 2.75) is 13.8 Å². The van der Waals surface area contributed by atoms with Gasteiger partial charge in [0.15, 0.2) is 5.69 Å². The summed E-state index contributed by atoms with van der Waals surface area (Å²) in [6.45, 7) is 3.51. The number of anilines is 1. The van der Waals surface area contributed by atoms with E-state index in [0.29, 0.717) is 17.1 Å². The largest absolute Gasteiger partial charge is 0.378 e. The maximum Gasteiger partial charge on any atom is 0.301 e. The average Bonchev–Trinajstić information content (AvgIpc) is 2.87. The summed E-state index contributed by atoms with van der Waals surface area (Å²) in [7, 11) is 3.92. The van der Waals surface area contributed by atoms with Crippen LogP contribution in [0.3, 0.4) is 0 Å². The summed E-state index contributed by atoms with van der Waals surface area (Å²) in [4.78, 5) is 22.9. The number of azo groups is 1. The first-order valence-corrected chi connectivity index (χ1v) is 8.25. The third-order valence-corrected chi connectivity index (χ3v) is 3.88. The molecular weight excluding hydrogens is 354 g/mol. The molecule has 0 unspecified atom stereocenters. The van der Waals surface area contributed by atoms with E-state index in [1.54, 1.807) is 19.9 Å². The SMILES string of the molecule is Cc1cc(Cl)nc(-n2[nH]c(C)c(N=Nc3ccc(N(C)C)cc3)c2=O)n1. The molecule has 9 heteroatoms. The highest BCUT2D eigenvalue weighted by atomic mass is 35.5. The quantitative estimate of drug-likeness (QED) is 0.559. The summed E-state index contributed by atoms with van der Waals surface area (Å²) < 4.78 is 1.21. The number of aromatic nitrogens is 4. The maximum atomic E-state index is 12.6. The third-order valence-electron chi connectivity index (χ3n) is 3.68. The molecule has 0 fully saturated rings. The molecule has 0 atom stereocenters. The van der Waals surface area contributed by atoms with Gasteiger partial charge in [-0.1, -0.05) is 11.6 Å². The van der Waals surface area contributed by atoms with Gasteiger partial charge in [-0.05, 0) is 44.2 Å². The molecule has 3 rings (SSSR count). The number of hydrogen-bond acceptors (Lipinski definition) is 6. The van der Waals surface area contributed by atoms with E-state index >= 15 is 0 Å². The van der Waals surface area contributed by atoms with E-state index in [1.807, 2.05) is 43.3 Å². The molecule has 0 amide bonds. The maximum absolute atomic E-state index is 12.6. The minimum atomic E-state index is -0.391. The number of aryl methyl sites for hydroxylation is 2. The highest BCUT2D eigenvalue weighted by Gasteiger charge is 2.14. The Kier molecular flexibility index (Phi) is 4.85. The Balaban J connectivity index is 1.94. The van der Waals surface area contributed by atoms with E-state index in [1.165, 1.54) is 4.68 Å². The Morgan fingerprint density at radius 3 is 2.42 bits per heavy atom. The van der Waals surface area contributed by atoms with Crippen molar-refractivity contribution in [2.75, 3.05) is 19.0 Å². The Morgan fingerprint density at radius 2 is 1.81 bits per heavy atom. The van der Waals surface area contributed by atoms with E-state index in [0.717, 1.165) is 5.69 Å². The van der Waals surface area contributed by atoms with Crippen molar-refractivity contribution in [2.24, 2.45) is 10.2 Å². The van der Waals surface area contributed by atoms with Crippen molar-refractivity contribution in [3.63, 3.8) is 0 Å². The van der Waals surface area contributed by atoms with Crippen LogP contribution in [0.5, 0.6) is 0 Å². The second kappa shape index (κ2) is 7.09. The van der Waals surface area contributed by atoms with Gasteiger partial charge >= 0.3 is 5.56 Å². The zero-order valence-electron chi connectivity index (χ0n) is 14.9. The molecule has 0 radical (unpaired) electrons. The number of benzene rings is 1. The van der Waals surface area contributed by atoms with Gasteiger partial charge in [-0.25, -0.2) is 4.98 Å². The number of aromatic amines is 1. The van der Waals surface area contributed by atoms with Crippen molar-refractivity contribution in [1.82, 2.24) is 19.7 Å². The van der Waals surface area contributed by atoms with Gasteiger partial charge in [0.1, 0.15) is 5.15 Å². The van der Waals surface area contributed by atoms with Gasteiger partial charge in [-0.3, -0.25) is 9.89 Å². The zero-order valence-corrected chi connectivity index (χ0v) is 15.6. The lowest BCUT2D eigenvalue weighted by atomic mass is 10.3. The van der Waals surface area contributed by atoms with E-state index in [9.17, 15) is 4.79 Å². The summed E-state index contributed by atoms with van der Waals surface area (Å²) >= 11 is 5.95. The molecule has 1 N–H and O–H groups in total. The predicted molar refractivity (Wildman–Crippen MR) is 101 cm³/mol. The van der Waals surface area contributed by atoms with Gasteiger partial charge in [0.2, 0.25) is 0 Å². The molecule has 0 aliphatic carbocycles. The van der Waals surface area contributed by atoms with Gasteiger partial charge in [0.05, 0.1) is 11.4 Å². The van der Waals surface area contributed by atoms with E-state index in [-0.39, 0.29) is 16.8 Å². The predicted octanol–water partition coefficient (Wildman–Crippen LogP) is 3.71. The molecule has 2 aromatic heterocycles. The monoisotopic (exact) mass is 371 g/mol. The smallest absolute Gasteiger partial charge is 0.301 e. The van der Waals surface area contributed by atoms with Gasteiger partial charge in [-0.2, -0.15) is 14.8 Å². The number of nitrogens with one attached hydrogen (secondary N) is 1. The summed E-state index contributed by atoms with van der Waals surface area (Å²) in [5.41, 5.74) is 2.73. The van der Waals surface area contributed by atoms with Crippen LogP contribution in [0.2, 0.25) is 5.15 Å². The first kappa shape index (κ1) is 17.8. The molecule has 0 saturated carbocycles. The topological polar surface area (TPSA) is 91.5 Å². The van der Waals surface area contributed by atoms with Crippen molar-refractivity contribution in [3.05, 3.63) is 57.2 Å². The molecule has 3 aromatic rings. The van der Waals surface area contributed by atoms with E-state index in [2.05, 4.69) is 25.3 Å². The minimum absolute atomic E-state index is 0.167. The fourth-order valence-corrected chi connectivity index (χ4v) is 2.57. The van der Waals surface area contributed by atoms with Crippen molar-refractivity contribution in [1.29, 1.82) is 0 Å². The van der Waals surface area contributed by atoms with Crippen LogP contribution in [0.25, 0.3) is 5.95 Å². The van der Waals surface area contributed by atoms with Crippen LogP contribution >= 0.6 is 11.6 Å². The molecule has 134 valence electrons. The fraction of sp³-hybridized carbons (Fsp3) is 0.235. The summed E-state index contributed by atoms with van der Waals surface area (Å²) in [5.74, 6) is 0.167. The fourth-order valence-electron chi connectivity index (χ4n) is 2.34. The summed E-state index contributed by atoms with van der Waals surface area (Å²) in [6.07, 6.45) is 0. The van der Waals surface area contributed by atoms with E-state index < -0.39 is 5.56 Å². The molecule has 1 aromatic carbocycles. The van der Waals surface area contributed by atoms with Crippen LogP contribution in [0.1, 0.15) is 11.4 Å². The molecule has 2 heterocycles. The number of H-pyrrole nitrogens is 1. The van der Waals surface area contributed by atoms with Crippen LogP contribution in [0, 0.1) is 13.8 Å². The Morgan fingerprint density at radius 1 is 1.12 bits per heavy atom. The normalized spacial score (nSPS) is 11.3. The molecule has 0 aliphatic heterocycles. The van der Waals surface area contributed by atoms with Crippen molar-refractivity contribution in [3.8, 4) is 5.95 Å². The van der Waals surface area contributed by atoms with Gasteiger partial charge in [0.25, 0.3) is 5.95 Å². The lowest BCUT2D eigenvalue weighted by Gasteiger charge is -2.11. The number of rotatable bonds is 4. The second-order valence-electron chi connectivity index (χ2n) is 5.97. The first-order chi connectivity index (χ1) is 12.3.